The molecule has 0 radical (unpaired) electrons. The first-order valence-electron chi connectivity index (χ1n) is 6.37. The number of rotatable bonds is 5. The molecule has 1 aromatic heterocycles. The quantitative estimate of drug-likeness (QED) is 0.827. The van der Waals surface area contributed by atoms with Gasteiger partial charge < -0.3 is 10.5 Å². The van der Waals surface area contributed by atoms with Gasteiger partial charge in [-0.3, -0.25) is 4.68 Å². The van der Waals surface area contributed by atoms with Crippen LogP contribution in [0.2, 0.25) is 0 Å². The summed E-state index contributed by atoms with van der Waals surface area (Å²) in [5, 5.41) is 4.19. The predicted octanol–water partition coefficient (Wildman–Crippen LogP) is 3.80. The fourth-order valence-electron chi connectivity index (χ4n) is 1.91. The maximum Gasteiger partial charge on any atom is 0.142 e. The summed E-state index contributed by atoms with van der Waals surface area (Å²) < 4.78 is 9.75. The van der Waals surface area contributed by atoms with Crippen LogP contribution in [0.5, 0.6) is 5.75 Å². The highest BCUT2D eigenvalue weighted by atomic mass is 79.9. The number of hydrogen-bond donors (Lipinski definition) is 1. The van der Waals surface area contributed by atoms with E-state index in [1.54, 1.807) is 10.9 Å². The number of ether oxygens (including phenoxy) is 1. The molecular weight excluding hydrogens is 386 g/mol. The Balaban J connectivity index is 2.28. The van der Waals surface area contributed by atoms with Crippen molar-refractivity contribution in [2.45, 2.75) is 25.5 Å². The molecule has 2 aromatic rings. The summed E-state index contributed by atoms with van der Waals surface area (Å²) in [5.74, 6) is 0.769. The minimum Gasteiger partial charge on any atom is -0.483 e. The lowest BCUT2D eigenvalue weighted by Gasteiger charge is -2.24. The molecule has 0 aliphatic carbocycles. The normalized spacial score (nSPS) is 14.1. The molecule has 0 saturated carbocycles. The summed E-state index contributed by atoms with van der Waals surface area (Å²) in [6.45, 7) is 2.05. The van der Waals surface area contributed by atoms with Crippen molar-refractivity contribution in [2.24, 2.45) is 12.8 Å². The SMILES string of the molecule is CCC(N)C(Oc1ccc(Br)cc1Br)c1cnn(C)c1. The smallest absolute Gasteiger partial charge is 0.142 e. The predicted molar refractivity (Wildman–Crippen MR) is 86.7 cm³/mol. The lowest BCUT2D eigenvalue weighted by molar-refractivity contribution is 0.170. The minimum absolute atomic E-state index is 0.0882. The maximum atomic E-state index is 6.20. The van der Waals surface area contributed by atoms with Gasteiger partial charge in [0.05, 0.1) is 10.7 Å². The average Bonchev–Trinajstić information content (AvgIpc) is 2.83. The average molecular weight is 403 g/mol. The molecule has 0 aliphatic heterocycles. The zero-order valence-corrected chi connectivity index (χ0v) is 14.6. The first kappa shape index (κ1) is 15.5. The van der Waals surface area contributed by atoms with Gasteiger partial charge in [0.2, 0.25) is 0 Å². The third-order valence-electron chi connectivity index (χ3n) is 3.06. The number of aromatic nitrogens is 2. The van der Waals surface area contributed by atoms with Crippen LogP contribution in [0, 0.1) is 0 Å². The second kappa shape index (κ2) is 6.74. The molecule has 0 aliphatic rings. The Morgan fingerprint density at radius 3 is 2.70 bits per heavy atom. The topological polar surface area (TPSA) is 53.1 Å². The van der Waals surface area contributed by atoms with Gasteiger partial charge in [0.15, 0.2) is 0 Å². The molecule has 0 saturated heterocycles. The van der Waals surface area contributed by atoms with Crippen molar-refractivity contribution >= 4 is 31.9 Å². The molecule has 20 heavy (non-hydrogen) atoms. The molecule has 0 amide bonds. The standard InChI is InChI=1S/C14H17Br2N3O/c1-3-12(17)14(9-7-18-19(2)8-9)20-13-5-4-10(15)6-11(13)16/h4-8,12,14H,3,17H2,1-2H3. The van der Waals surface area contributed by atoms with E-state index in [1.165, 1.54) is 0 Å². The summed E-state index contributed by atoms with van der Waals surface area (Å²) in [4.78, 5) is 0. The Labute approximate surface area is 135 Å². The first-order valence-corrected chi connectivity index (χ1v) is 7.95. The number of aryl methyl sites for hydroxylation is 1. The molecule has 6 heteroatoms. The number of nitrogens with two attached hydrogens (primary N) is 1. The second-order valence-corrected chi connectivity index (χ2v) is 6.40. The Morgan fingerprint density at radius 1 is 1.40 bits per heavy atom. The molecule has 0 fully saturated rings. The minimum atomic E-state index is -0.217. The number of hydrogen-bond acceptors (Lipinski definition) is 3. The molecule has 1 heterocycles. The van der Waals surface area contributed by atoms with Crippen LogP contribution < -0.4 is 10.5 Å². The van der Waals surface area contributed by atoms with E-state index in [1.807, 2.05) is 38.4 Å². The molecule has 2 atom stereocenters. The van der Waals surface area contributed by atoms with Gasteiger partial charge in [0.1, 0.15) is 11.9 Å². The third-order valence-corrected chi connectivity index (χ3v) is 4.17. The number of halogens is 2. The largest absolute Gasteiger partial charge is 0.483 e. The van der Waals surface area contributed by atoms with Crippen molar-refractivity contribution in [1.82, 2.24) is 9.78 Å². The summed E-state index contributed by atoms with van der Waals surface area (Å²) in [5.41, 5.74) is 7.18. The van der Waals surface area contributed by atoms with E-state index in [0.29, 0.717) is 0 Å². The summed E-state index contributed by atoms with van der Waals surface area (Å²) in [7, 11) is 1.88. The lowest BCUT2D eigenvalue weighted by Crippen LogP contribution is -2.31. The van der Waals surface area contributed by atoms with E-state index < -0.39 is 0 Å². The van der Waals surface area contributed by atoms with Crippen LogP contribution in [0.1, 0.15) is 25.0 Å². The van der Waals surface area contributed by atoms with Gasteiger partial charge in [-0.05, 0) is 40.5 Å². The van der Waals surface area contributed by atoms with Gasteiger partial charge in [0, 0.05) is 29.3 Å². The third kappa shape index (κ3) is 3.62. The van der Waals surface area contributed by atoms with Crippen molar-refractivity contribution in [3.8, 4) is 5.75 Å². The van der Waals surface area contributed by atoms with Crippen LogP contribution in [0.4, 0.5) is 0 Å². The fraction of sp³-hybridized carbons (Fsp3) is 0.357. The summed E-state index contributed by atoms with van der Waals surface area (Å²) >= 11 is 6.94. The van der Waals surface area contributed by atoms with Gasteiger partial charge in [-0.2, -0.15) is 5.10 Å². The molecule has 2 rings (SSSR count). The molecule has 2 N–H and O–H groups in total. The molecule has 0 spiro atoms. The van der Waals surface area contributed by atoms with E-state index in [4.69, 9.17) is 10.5 Å². The van der Waals surface area contributed by atoms with Crippen molar-refractivity contribution in [1.29, 1.82) is 0 Å². The van der Waals surface area contributed by atoms with Crippen LogP contribution in [0.15, 0.2) is 39.5 Å². The highest BCUT2D eigenvalue weighted by Gasteiger charge is 2.22. The number of benzene rings is 1. The van der Waals surface area contributed by atoms with E-state index in [2.05, 4.69) is 37.0 Å². The zero-order valence-electron chi connectivity index (χ0n) is 11.4. The second-order valence-electron chi connectivity index (χ2n) is 4.63. The van der Waals surface area contributed by atoms with Crippen molar-refractivity contribution in [2.75, 3.05) is 0 Å². The molecule has 1 aromatic carbocycles. The van der Waals surface area contributed by atoms with Crippen molar-refractivity contribution < 1.29 is 4.74 Å². The highest BCUT2D eigenvalue weighted by molar-refractivity contribution is 9.11. The van der Waals surface area contributed by atoms with Crippen LogP contribution >= 0.6 is 31.9 Å². The maximum absolute atomic E-state index is 6.20. The van der Waals surface area contributed by atoms with Crippen molar-refractivity contribution in [3.63, 3.8) is 0 Å². The van der Waals surface area contributed by atoms with Crippen LogP contribution in [-0.4, -0.2) is 15.8 Å². The highest BCUT2D eigenvalue weighted by Crippen LogP contribution is 2.33. The van der Waals surface area contributed by atoms with Crippen LogP contribution in [-0.2, 0) is 7.05 Å². The Hall–Kier alpha value is -0.850. The summed E-state index contributed by atoms with van der Waals surface area (Å²) in [6.07, 6.45) is 4.35. The van der Waals surface area contributed by atoms with Gasteiger partial charge in [-0.25, -0.2) is 0 Å². The first-order chi connectivity index (χ1) is 9.51. The summed E-state index contributed by atoms with van der Waals surface area (Å²) in [6, 6.07) is 5.72. The van der Waals surface area contributed by atoms with Gasteiger partial charge in [-0.1, -0.05) is 22.9 Å². The van der Waals surface area contributed by atoms with Crippen molar-refractivity contribution in [3.05, 3.63) is 45.1 Å². The van der Waals surface area contributed by atoms with E-state index in [0.717, 1.165) is 26.7 Å². The monoisotopic (exact) mass is 401 g/mol. The molecule has 108 valence electrons. The zero-order chi connectivity index (χ0) is 14.7. The number of nitrogens with zero attached hydrogens (tertiary/aromatic N) is 2. The fourth-order valence-corrected chi connectivity index (χ4v) is 3.05. The van der Waals surface area contributed by atoms with Gasteiger partial charge in [0.25, 0.3) is 0 Å². The Bertz CT molecular complexity index is 586. The molecular formula is C14H17Br2N3O. The van der Waals surface area contributed by atoms with E-state index >= 15 is 0 Å². The van der Waals surface area contributed by atoms with E-state index in [-0.39, 0.29) is 12.1 Å². The molecule has 4 nitrogen and oxygen atoms in total. The molecule has 2 unspecified atom stereocenters. The molecule has 0 bridgehead atoms. The van der Waals surface area contributed by atoms with Gasteiger partial charge >= 0.3 is 0 Å². The van der Waals surface area contributed by atoms with Crippen LogP contribution in [0.3, 0.4) is 0 Å². The van der Waals surface area contributed by atoms with E-state index in [9.17, 15) is 0 Å². The lowest BCUT2D eigenvalue weighted by atomic mass is 10.0. The Morgan fingerprint density at radius 2 is 2.15 bits per heavy atom. The Kier molecular flexibility index (Phi) is 5.23. The van der Waals surface area contributed by atoms with Crippen LogP contribution in [0.25, 0.3) is 0 Å². The van der Waals surface area contributed by atoms with Gasteiger partial charge in [-0.15, -0.1) is 0 Å².